The molecule has 1 amide bonds. The Balaban J connectivity index is 2.91. The predicted octanol–water partition coefficient (Wildman–Crippen LogP) is 3.61. The number of methoxy groups -OCH3 is 1. The van der Waals surface area contributed by atoms with E-state index in [2.05, 4.69) is 21.2 Å². The van der Waals surface area contributed by atoms with Crippen molar-refractivity contribution in [2.45, 2.75) is 38.8 Å². The molecule has 5 nitrogen and oxygen atoms in total. The largest absolute Gasteiger partial charge is 0.497 e. The molecule has 0 aliphatic rings. The van der Waals surface area contributed by atoms with Gasteiger partial charge in [0.2, 0.25) is 0 Å². The average molecular weight is 358 g/mol. The van der Waals surface area contributed by atoms with Gasteiger partial charge in [0.15, 0.2) is 0 Å². The highest BCUT2D eigenvalue weighted by Crippen LogP contribution is 2.29. The number of nitrogens with one attached hydrogen (secondary N) is 1. The second-order valence-electron chi connectivity index (χ2n) is 5.49. The summed E-state index contributed by atoms with van der Waals surface area (Å²) in [6.07, 6.45) is 0.361. The molecule has 0 unspecified atom stereocenters. The number of carbonyl (C=O) groups excluding carboxylic acids is 2. The number of rotatable bonds is 5. The number of carbonyl (C=O) groups is 2. The van der Waals surface area contributed by atoms with Gasteiger partial charge in [-0.25, -0.2) is 4.79 Å². The fraction of sp³-hybridized carbons (Fsp3) is 0.467. The molecule has 1 rings (SSSR count). The van der Waals surface area contributed by atoms with E-state index < -0.39 is 17.7 Å². The zero-order valence-corrected chi connectivity index (χ0v) is 14.2. The molecule has 21 heavy (non-hydrogen) atoms. The Morgan fingerprint density at radius 1 is 1.43 bits per heavy atom. The maximum absolute atomic E-state index is 11.9. The first-order chi connectivity index (χ1) is 9.76. The molecule has 1 atom stereocenters. The van der Waals surface area contributed by atoms with Crippen LogP contribution >= 0.6 is 15.9 Å². The van der Waals surface area contributed by atoms with Crippen LogP contribution in [0.15, 0.2) is 22.7 Å². The summed E-state index contributed by atoms with van der Waals surface area (Å²) in [7, 11) is 1.57. The van der Waals surface area contributed by atoms with Gasteiger partial charge in [-0.2, -0.15) is 0 Å². The van der Waals surface area contributed by atoms with Crippen molar-refractivity contribution in [3.63, 3.8) is 0 Å². The minimum Gasteiger partial charge on any atom is -0.497 e. The Kier molecular flexibility index (Phi) is 6.20. The highest BCUT2D eigenvalue weighted by Gasteiger charge is 2.21. The molecule has 0 spiro atoms. The van der Waals surface area contributed by atoms with Crippen molar-refractivity contribution in [2.24, 2.45) is 0 Å². The van der Waals surface area contributed by atoms with Crippen LogP contribution in [0.2, 0.25) is 0 Å². The summed E-state index contributed by atoms with van der Waals surface area (Å²) < 4.78 is 11.1. The summed E-state index contributed by atoms with van der Waals surface area (Å²) in [4.78, 5) is 22.7. The summed E-state index contributed by atoms with van der Waals surface area (Å²) in [6.45, 7) is 5.35. The summed E-state index contributed by atoms with van der Waals surface area (Å²) in [5, 5.41) is 2.71. The molecule has 0 saturated carbocycles. The third-order valence-electron chi connectivity index (χ3n) is 2.61. The van der Waals surface area contributed by atoms with Crippen molar-refractivity contribution >= 4 is 28.3 Å². The average Bonchev–Trinajstić information content (AvgIpc) is 2.35. The SMILES string of the molecule is COc1ccc([C@H](CC=O)NC(=O)OC(C)(C)C)c(Br)c1. The van der Waals surface area contributed by atoms with Gasteiger partial charge in [-0.1, -0.05) is 22.0 Å². The van der Waals surface area contributed by atoms with E-state index in [0.717, 1.165) is 16.3 Å². The van der Waals surface area contributed by atoms with Crippen LogP contribution in [-0.2, 0) is 9.53 Å². The van der Waals surface area contributed by atoms with Crippen LogP contribution in [0.3, 0.4) is 0 Å². The summed E-state index contributed by atoms with van der Waals surface area (Å²) in [5.74, 6) is 0.688. The molecule has 1 aromatic carbocycles. The van der Waals surface area contributed by atoms with E-state index >= 15 is 0 Å². The zero-order valence-electron chi connectivity index (χ0n) is 12.6. The van der Waals surface area contributed by atoms with Crippen LogP contribution in [0.5, 0.6) is 5.75 Å². The van der Waals surface area contributed by atoms with Crippen molar-refractivity contribution in [3.8, 4) is 5.75 Å². The maximum atomic E-state index is 11.9. The van der Waals surface area contributed by atoms with Gasteiger partial charge < -0.3 is 19.6 Å². The number of amides is 1. The van der Waals surface area contributed by atoms with Crippen molar-refractivity contribution in [1.82, 2.24) is 5.32 Å². The molecule has 0 saturated heterocycles. The van der Waals surface area contributed by atoms with Crippen molar-refractivity contribution in [1.29, 1.82) is 0 Å². The smallest absolute Gasteiger partial charge is 0.408 e. The van der Waals surface area contributed by atoms with Gasteiger partial charge in [-0.3, -0.25) is 0 Å². The molecule has 0 radical (unpaired) electrons. The number of aldehydes is 1. The van der Waals surface area contributed by atoms with Crippen LogP contribution in [0.4, 0.5) is 4.79 Å². The van der Waals surface area contributed by atoms with Crippen LogP contribution in [-0.4, -0.2) is 25.1 Å². The molecule has 0 heterocycles. The number of ether oxygens (including phenoxy) is 2. The topological polar surface area (TPSA) is 64.6 Å². The number of benzene rings is 1. The van der Waals surface area contributed by atoms with Crippen LogP contribution < -0.4 is 10.1 Å². The van der Waals surface area contributed by atoms with E-state index in [-0.39, 0.29) is 6.42 Å². The lowest BCUT2D eigenvalue weighted by Crippen LogP contribution is -2.35. The van der Waals surface area contributed by atoms with Gasteiger partial charge in [0.1, 0.15) is 17.6 Å². The zero-order chi connectivity index (χ0) is 16.0. The first-order valence-corrected chi connectivity index (χ1v) is 7.32. The first-order valence-electron chi connectivity index (χ1n) is 6.53. The highest BCUT2D eigenvalue weighted by molar-refractivity contribution is 9.10. The molecule has 6 heteroatoms. The predicted molar refractivity (Wildman–Crippen MR) is 83.5 cm³/mol. The van der Waals surface area contributed by atoms with E-state index in [1.54, 1.807) is 46.1 Å². The minimum absolute atomic E-state index is 0.157. The minimum atomic E-state index is -0.590. The molecular weight excluding hydrogens is 338 g/mol. The number of hydrogen-bond acceptors (Lipinski definition) is 4. The van der Waals surface area contributed by atoms with E-state index in [9.17, 15) is 9.59 Å². The van der Waals surface area contributed by atoms with Gasteiger partial charge >= 0.3 is 6.09 Å². The molecule has 0 bridgehead atoms. The van der Waals surface area contributed by atoms with E-state index in [4.69, 9.17) is 9.47 Å². The summed E-state index contributed by atoms with van der Waals surface area (Å²) >= 11 is 3.42. The number of hydrogen-bond donors (Lipinski definition) is 1. The van der Waals surface area contributed by atoms with Crippen LogP contribution in [0, 0.1) is 0 Å². The quantitative estimate of drug-likeness (QED) is 0.817. The Morgan fingerprint density at radius 2 is 2.10 bits per heavy atom. The molecule has 1 aromatic rings. The molecule has 1 N–H and O–H groups in total. The van der Waals surface area contributed by atoms with Crippen molar-refractivity contribution in [3.05, 3.63) is 28.2 Å². The van der Waals surface area contributed by atoms with E-state index in [1.807, 2.05) is 0 Å². The third-order valence-corrected chi connectivity index (χ3v) is 3.29. The maximum Gasteiger partial charge on any atom is 0.408 e. The molecule has 116 valence electrons. The lowest BCUT2D eigenvalue weighted by molar-refractivity contribution is -0.108. The van der Waals surface area contributed by atoms with Gasteiger partial charge in [-0.15, -0.1) is 0 Å². The lowest BCUT2D eigenvalue weighted by Gasteiger charge is -2.23. The first kappa shape index (κ1) is 17.5. The Morgan fingerprint density at radius 3 is 2.57 bits per heavy atom. The van der Waals surface area contributed by atoms with E-state index in [1.165, 1.54) is 0 Å². The summed E-state index contributed by atoms with van der Waals surface area (Å²) in [6, 6.07) is 4.89. The van der Waals surface area contributed by atoms with Gasteiger partial charge in [-0.05, 0) is 38.5 Å². The van der Waals surface area contributed by atoms with Gasteiger partial charge in [0.05, 0.1) is 13.2 Å². The van der Waals surface area contributed by atoms with Crippen LogP contribution in [0.1, 0.15) is 38.8 Å². The number of alkyl carbamates (subject to hydrolysis) is 1. The normalized spacial score (nSPS) is 12.4. The highest BCUT2D eigenvalue weighted by atomic mass is 79.9. The van der Waals surface area contributed by atoms with Crippen molar-refractivity contribution < 1.29 is 19.1 Å². The van der Waals surface area contributed by atoms with Crippen molar-refractivity contribution in [2.75, 3.05) is 7.11 Å². The summed E-state index contributed by atoms with van der Waals surface area (Å²) in [5.41, 5.74) is 0.196. The molecule has 0 aromatic heterocycles. The van der Waals surface area contributed by atoms with Crippen LogP contribution in [0.25, 0.3) is 0 Å². The monoisotopic (exact) mass is 357 g/mol. The second-order valence-corrected chi connectivity index (χ2v) is 6.34. The molecule has 0 aliphatic carbocycles. The third kappa shape index (κ3) is 5.75. The fourth-order valence-electron chi connectivity index (χ4n) is 1.73. The second kappa shape index (κ2) is 7.45. The van der Waals surface area contributed by atoms with E-state index in [0.29, 0.717) is 5.75 Å². The molecule has 0 aliphatic heterocycles. The molecule has 0 fully saturated rings. The number of halogens is 1. The Labute approximate surface area is 133 Å². The lowest BCUT2D eigenvalue weighted by atomic mass is 10.0. The molecular formula is C15H20BrNO4. The Hall–Kier alpha value is -1.56. The Bertz CT molecular complexity index is 511. The van der Waals surface area contributed by atoms with Gasteiger partial charge in [0.25, 0.3) is 0 Å². The fourth-order valence-corrected chi connectivity index (χ4v) is 2.36. The van der Waals surface area contributed by atoms with Gasteiger partial charge in [0, 0.05) is 10.9 Å². The standard InChI is InChI=1S/C15H20BrNO4/c1-15(2,3)21-14(19)17-13(7-8-18)11-6-5-10(20-4)9-12(11)16/h5-6,8-9,13H,7H2,1-4H3,(H,17,19)/t13-/m0/s1.